The highest BCUT2D eigenvalue weighted by molar-refractivity contribution is 6.33. The summed E-state index contributed by atoms with van der Waals surface area (Å²) in [6, 6.07) is 8.65. The summed E-state index contributed by atoms with van der Waals surface area (Å²) in [4.78, 5) is 25.7. The number of fused-ring (bicyclic) bond motifs is 1. The summed E-state index contributed by atoms with van der Waals surface area (Å²) in [7, 11) is 1.50. The van der Waals surface area contributed by atoms with Crippen LogP contribution in [0.4, 0.5) is 4.39 Å². The number of halogens is 2. The van der Waals surface area contributed by atoms with Gasteiger partial charge in [0.25, 0.3) is 5.91 Å². The maximum Gasteiger partial charge on any atom is 0.310 e. The van der Waals surface area contributed by atoms with Crippen LogP contribution in [-0.4, -0.2) is 29.7 Å². The van der Waals surface area contributed by atoms with Gasteiger partial charge in [-0.15, -0.1) is 0 Å². The van der Waals surface area contributed by atoms with Gasteiger partial charge < -0.3 is 9.47 Å². The first-order valence-electron chi connectivity index (χ1n) is 9.64. The molecule has 1 aromatic heterocycles. The molecule has 1 unspecified atom stereocenters. The van der Waals surface area contributed by atoms with Crippen LogP contribution >= 0.6 is 11.6 Å². The Morgan fingerprint density at radius 3 is 2.47 bits per heavy atom. The van der Waals surface area contributed by atoms with Crippen LogP contribution < -0.4 is 4.74 Å². The van der Waals surface area contributed by atoms with Gasteiger partial charge in [-0.25, -0.2) is 4.39 Å². The molecule has 0 spiro atoms. The van der Waals surface area contributed by atoms with E-state index in [1.807, 2.05) is 13.8 Å². The summed E-state index contributed by atoms with van der Waals surface area (Å²) in [6.45, 7) is 5.52. The number of carbonyl (C=O) groups is 2. The van der Waals surface area contributed by atoms with Crippen molar-refractivity contribution in [1.29, 1.82) is 0 Å². The molecular weight excluding hydrogens is 409 g/mol. The second kappa shape index (κ2) is 8.88. The van der Waals surface area contributed by atoms with Gasteiger partial charge in [-0.1, -0.05) is 18.5 Å². The Morgan fingerprint density at radius 1 is 1.20 bits per heavy atom. The molecule has 0 aliphatic rings. The van der Waals surface area contributed by atoms with E-state index in [2.05, 4.69) is 0 Å². The Hall–Kier alpha value is -2.86. The van der Waals surface area contributed by atoms with E-state index in [4.69, 9.17) is 21.1 Å². The number of aromatic nitrogens is 1. The fourth-order valence-electron chi connectivity index (χ4n) is 3.34. The van der Waals surface area contributed by atoms with E-state index in [1.54, 1.807) is 19.1 Å². The quantitative estimate of drug-likeness (QED) is 0.495. The van der Waals surface area contributed by atoms with Gasteiger partial charge in [0.05, 0.1) is 30.2 Å². The molecule has 2 aromatic carbocycles. The number of esters is 1. The number of methoxy groups -OCH3 is 1. The molecule has 0 aliphatic heterocycles. The molecule has 0 saturated carbocycles. The molecular formula is C23H23ClFNO4. The molecule has 1 atom stereocenters. The van der Waals surface area contributed by atoms with Crippen LogP contribution in [0.3, 0.4) is 0 Å². The van der Waals surface area contributed by atoms with E-state index in [0.717, 1.165) is 0 Å². The standard InChI is InChI=1S/C23H23ClFNO4/c1-5-13(2)30-22(27)11-17-14(3)26(23(28)15-6-8-16(25)9-7-15)20-12-19(24)21(29-4)10-18(17)20/h6-10,12-13H,5,11H2,1-4H3. The van der Waals surface area contributed by atoms with E-state index in [9.17, 15) is 14.0 Å². The van der Waals surface area contributed by atoms with Crippen LogP contribution in [0.25, 0.3) is 10.9 Å². The molecule has 1 heterocycles. The lowest BCUT2D eigenvalue weighted by Crippen LogP contribution is -2.17. The molecule has 0 aliphatic carbocycles. The summed E-state index contributed by atoms with van der Waals surface area (Å²) in [5, 5.41) is 1.01. The molecule has 5 nitrogen and oxygen atoms in total. The molecule has 0 fully saturated rings. The van der Waals surface area contributed by atoms with Crippen LogP contribution in [0.2, 0.25) is 5.02 Å². The van der Waals surface area contributed by atoms with Gasteiger partial charge in [-0.05, 0) is 62.2 Å². The summed E-state index contributed by atoms with van der Waals surface area (Å²) >= 11 is 6.31. The van der Waals surface area contributed by atoms with Crippen molar-refractivity contribution in [3.05, 3.63) is 64.1 Å². The number of hydrogen-bond acceptors (Lipinski definition) is 4. The number of nitrogens with zero attached hydrogens (tertiary/aromatic N) is 1. The smallest absolute Gasteiger partial charge is 0.310 e. The maximum absolute atomic E-state index is 13.3. The Balaban J connectivity index is 2.16. The highest BCUT2D eigenvalue weighted by Crippen LogP contribution is 2.35. The van der Waals surface area contributed by atoms with Gasteiger partial charge in [0, 0.05) is 16.6 Å². The molecule has 0 saturated heterocycles. The van der Waals surface area contributed by atoms with Crippen LogP contribution in [0.15, 0.2) is 36.4 Å². The van der Waals surface area contributed by atoms with Gasteiger partial charge in [0.2, 0.25) is 0 Å². The van der Waals surface area contributed by atoms with Crippen molar-refractivity contribution < 1.29 is 23.5 Å². The Morgan fingerprint density at radius 2 is 1.87 bits per heavy atom. The molecule has 0 amide bonds. The predicted molar refractivity (Wildman–Crippen MR) is 114 cm³/mol. The van der Waals surface area contributed by atoms with Crippen molar-refractivity contribution >= 4 is 34.4 Å². The van der Waals surface area contributed by atoms with Gasteiger partial charge in [-0.2, -0.15) is 0 Å². The fourth-order valence-corrected chi connectivity index (χ4v) is 3.57. The van der Waals surface area contributed by atoms with Gasteiger partial charge in [0.1, 0.15) is 11.6 Å². The largest absolute Gasteiger partial charge is 0.495 e. The average molecular weight is 432 g/mol. The Labute approximate surface area is 179 Å². The topological polar surface area (TPSA) is 57.5 Å². The van der Waals surface area contributed by atoms with Gasteiger partial charge in [-0.3, -0.25) is 14.2 Å². The highest BCUT2D eigenvalue weighted by Gasteiger charge is 2.24. The average Bonchev–Trinajstić information content (AvgIpc) is 2.97. The van der Waals surface area contributed by atoms with Crippen molar-refractivity contribution in [1.82, 2.24) is 4.57 Å². The maximum atomic E-state index is 13.3. The third-order valence-corrected chi connectivity index (χ3v) is 5.43. The van der Waals surface area contributed by atoms with Crippen LogP contribution in [0, 0.1) is 12.7 Å². The number of benzene rings is 2. The Kier molecular flexibility index (Phi) is 6.46. The number of hydrogen-bond donors (Lipinski definition) is 0. The first kappa shape index (κ1) is 21.8. The fraction of sp³-hybridized carbons (Fsp3) is 0.304. The first-order chi connectivity index (χ1) is 14.3. The van der Waals surface area contributed by atoms with Gasteiger partial charge in [0.15, 0.2) is 0 Å². The molecule has 158 valence electrons. The molecule has 30 heavy (non-hydrogen) atoms. The lowest BCUT2D eigenvalue weighted by Gasteiger charge is -2.11. The van der Waals surface area contributed by atoms with Crippen molar-refractivity contribution in [2.75, 3.05) is 7.11 Å². The van der Waals surface area contributed by atoms with E-state index in [-0.39, 0.29) is 24.4 Å². The summed E-state index contributed by atoms with van der Waals surface area (Å²) in [5.41, 5.74) is 2.10. The van der Waals surface area contributed by atoms with Crippen molar-refractivity contribution in [2.24, 2.45) is 0 Å². The minimum atomic E-state index is -0.429. The monoisotopic (exact) mass is 431 g/mol. The van der Waals surface area contributed by atoms with Crippen molar-refractivity contribution in [2.45, 2.75) is 39.7 Å². The van der Waals surface area contributed by atoms with E-state index < -0.39 is 5.82 Å². The zero-order valence-electron chi connectivity index (χ0n) is 17.3. The highest BCUT2D eigenvalue weighted by atomic mass is 35.5. The SMILES string of the molecule is CCC(C)OC(=O)Cc1c(C)n(C(=O)c2ccc(F)cc2)c2cc(Cl)c(OC)cc12. The van der Waals surface area contributed by atoms with E-state index in [1.165, 1.54) is 35.9 Å². The van der Waals surface area contributed by atoms with E-state index in [0.29, 0.717) is 44.9 Å². The van der Waals surface area contributed by atoms with Crippen LogP contribution in [0.1, 0.15) is 41.9 Å². The number of rotatable bonds is 6. The number of carbonyl (C=O) groups excluding carboxylic acids is 2. The molecule has 0 radical (unpaired) electrons. The third kappa shape index (κ3) is 4.19. The zero-order chi connectivity index (χ0) is 22.0. The molecule has 0 N–H and O–H groups in total. The lowest BCUT2D eigenvalue weighted by molar-refractivity contribution is -0.147. The summed E-state index contributed by atoms with van der Waals surface area (Å²) in [6.07, 6.45) is 0.510. The second-order valence-electron chi connectivity index (χ2n) is 7.10. The van der Waals surface area contributed by atoms with Gasteiger partial charge >= 0.3 is 5.97 Å². The summed E-state index contributed by atoms with van der Waals surface area (Å²) < 4.78 is 25.5. The van der Waals surface area contributed by atoms with Crippen molar-refractivity contribution in [3.63, 3.8) is 0 Å². The Bertz CT molecular complexity index is 1100. The minimum Gasteiger partial charge on any atom is -0.495 e. The molecule has 3 rings (SSSR count). The van der Waals surface area contributed by atoms with Crippen LogP contribution in [0.5, 0.6) is 5.75 Å². The van der Waals surface area contributed by atoms with Crippen molar-refractivity contribution in [3.8, 4) is 5.75 Å². The summed E-state index contributed by atoms with van der Waals surface area (Å²) in [5.74, 6) is -0.719. The zero-order valence-corrected chi connectivity index (χ0v) is 18.0. The first-order valence-corrected chi connectivity index (χ1v) is 10.0. The predicted octanol–water partition coefficient (Wildman–Crippen LogP) is 5.32. The van der Waals surface area contributed by atoms with E-state index >= 15 is 0 Å². The third-order valence-electron chi connectivity index (χ3n) is 5.13. The molecule has 3 aromatic rings. The number of ether oxygens (including phenoxy) is 2. The molecule has 0 bridgehead atoms. The normalized spacial score (nSPS) is 12.1. The molecule has 7 heteroatoms. The van der Waals surface area contributed by atoms with Crippen LogP contribution in [-0.2, 0) is 16.0 Å². The second-order valence-corrected chi connectivity index (χ2v) is 7.51. The lowest BCUT2D eigenvalue weighted by atomic mass is 10.1. The minimum absolute atomic E-state index is 0.00115.